The normalized spacial score (nSPS) is 12.2. The molecule has 0 fully saturated rings. The molecule has 0 N–H and O–H groups in total. The fraction of sp³-hybridized carbons (Fsp3) is 0.866. The average molecular weight is 1030 g/mol. The summed E-state index contributed by atoms with van der Waals surface area (Å²) < 4.78 is 16.9. The predicted octanol–water partition coefficient (Wildman–Crippen LogP) is 22.0. The van der Waals surface area contributed by atoms with E-state index < -0.39 is 6.10 Å². The van der Waals surface area contributed by atoms with Crippen LogP contribution in [0.2, 0.25) is 0 Å². The molecule has 0 heterocycles. The van der Waals surface area contributed by atoms with Crippen molar-refractivity contribution in [1.29, 1.82) is 0 Å². The Kier molecular flexibility index (Phi) is 60.2. The van der Waals surface area contributed by atoms with Crippen LogP contribution in [0, 0.1) is 0 Å². The van der Waals surface area contributed by atoms with E-state index in [1.54, 1.807) is 0 Å². The zero-order valence-electron chi connectivity index (χ0n) is 49.2. The van der Waals surface area contributed by atoms with Crippen LogP contribution >= 0.6 is 0 Å². The SMILES string of the molecule is CCCCCC/C=C\CCCCCCCC(=O)OCC(COC(=O)CCCCCCCCCCCCCCCCC/C=C\C/C=C\CCCCCCC)OC(=O)CCCCCCCCCCCCCCCCC. The number of unbranched alkanes of at least 4 members (excludes halogenated alkanes) is 43. The highest BCUT2D eigenvalue weighted by Crippen LogP contribution is 2.17. The molecule has 0 bridgehead atoms. The van der Waals surface area contributed by atoms with Crippen LogP contribution in [0.1, 0.15) is 355 Å². The number of allylic oxidation sites excluding steroid dienone is 6. The van der Waals surface area contributed by atoms with Gasteiger partial charge in [0.2, 0.25) is 0 Å². The Hall–Kier alpha value is -2.37. The molecule has 0 saturated heterocycles. The van der Waals surface area contributed by atoms with E-state index in [1.807, 2.05) is 0 Å². The second kappa shape index (κ2) is 62.2. The number of carbonyl (C=O) groups excluding carboxylic acids is 3. The lowest BCUT2D eigenvalue weighted by molar-refractivity contribution is -0.167. The van der Waals surface area contributed by atoms with Crippen molar-refractivity contribution in [2.24, 2.45) is 0 Å². The van der Waals surface area contributed by atoms with Crippen molar-refractivity contribution in [1.82, 2.24) is 0 Å². The summed E-state index contributed by atoms with van der Waals surface area (Å²) in [5.41, 5.74) is 0. The summed E-state index contributed by atoms with van der Waals surface area (Å²) in [7, 11) is 0. The van der Waals surface area contributed by atoms with E-state index in [-0.39, 0.29) is 31.1 Å². The highest BCUT2D eigenvalue weighted by atomic mass is 16.6. The maximum absolute atomic E-state index is 12.9. The second-order valence-corrected chi connectivity index (χ2v) is 22.0. The first-order valence-corrected chi connectivity index (χ1v) is 32.5. The lowest BCUT2D eigenvalue weighted by Crippen LogP contribution is -2.30. The average Bonchev–Trinajstić information content (AvgIpc) is 3.39. The summed E-state index contributed by atoms with van der Waals surface area (Å²) in [5.74, 6) is -0.856. The van der Waals surface area contributed by atoms with Gasteiger partial charge in [-0.15, -0.1) is 0 Å². The number of carbonyl (C=O) groups is 3. The van der Waals surface area contributed by atoms with Gasteiger partial charge in [0.1, 0.15) is 13.2 Å². The van der Waals surface area contributed by atoms with Gasteiger partial charge in [-0.25, -0.2) is 0 Å². The van der Waals surface area contributed by atoms with Crippen molar-refractivity contribution < 1.29 is 28.6 Å². The third-order valence-corrected chi connectivity index (χ3v) is 14.6. The molecule has 6 heteroatoms. The van der Waals surface area contributed by atoms with Gasteiger partial charge in [-0.05, 0) is 77.0 Å². The maximum Gasteiger partial charge on any atom is 0.306 e. The van der Waals surface area contributed by atoms with Gasteiger partial charge in [-0.3, -0.25) is 14.4 Å². The quantitative estimate of drug-likeness (QED) is 0.0261. The molecule has 0 rings (SSSR count). The van der Waals surface area contributed by atoms with E-state index >= 15 is 0 Å². The van der Waals surface area contributed by atoms with Gasteiger partial charge >= 0.3 is 17.9 Å². The summed E-state index contributed by atoms with van der Waals surface area (Å²) >= 11 is 0. The van der Waals surface area contributed by atoms with Crippen LogP contribution < -0.4 is 0 Å². The smallest absolute Gasteiger partial charge is 0.306 e. The van der Waals surface area contributed by atoms with Crippen LogP contribution in [0.5, 0.6) is 0 Å². The molecule has 1 unspecified atom stereocenters. The molecule has 1 atom stereocenters. The Bertz CT molecular complexity index is 1220. The molecule has 6 nitrogen and oxygen atoms in total. The fourth-order valence-electron chi connectivity index (χ4n) is 9.71. The van der Waals surface area contributed by atoms with Gasteiger partial charge < -0.3 is 14.2 Å². The Balaban J connectivity index is 4.20. The summed E-state index contributed by atoms with van der Waals surface area (Å²) in [6.45, 7) is 6.66. The third-order valence-electron chi connectivity index (χ3n) is 14.6. The first-order valence-electron chi connectivity index (χ1n) is 32.5. The predicted molar refractivity (Wildman–Crippen MR) is 316 cm³/mol. The number of ether oxygens (including phenoxy) is 3. The maximum atomic E-state index is 12.9. The Morgan fingerprint density at radius 1 is 0.274 bits per heavy atom. The molecule has 0 aliphatic carbocycles. The van der Waals surface area contributed by atoms with Crippen LogP contribution in [-0.4, -0.2) is 37.2 Å². The first-order chi connectivity index (χ1) is 36.0. The molecule has 428 valence electrons. The van der Waals surface area contributed by atoms with Crippen molar-refractivity contribution in [2.75, 3.05) is 13.2 Å². The highest BCUT2D eigenvalue weighted by Gasteiger charge is 2.19. The lowest BCUT2D eigenvalue weighted by Gasteiger charge is -2.18. The molecule has 73 heavy (non-hydrogen) atoms. The van der Waals surface area contributed by atoms with Gasteiger partial charge in [0.25, 0.3) is 0 Å². The Morgan fingerprint density at radius 3 is 0.781 bits per heavy atom. The molecule has 0 radical (unpaired) electrons. The number of hydrogen-bond donors (Lipinski definition) is 0. The summed E-state index contributed by atoms with van der Waals surface area (Å²) in [4.78, 5) is 38.2. The number of rotatable bonds is 60. The minimum Gasteiger partial charge on any atom is -0.462 e. The van der Waals surface area contributed by atoms with Crippen molar-refractivity contribution >= 4 is 17.9 Å². The van der Waals surface area contributed by atoms with Gasteiger partial charge in [0, 0.05) is 19.3 Å². The molecular weight excluding hydrogens is 901 g/mol. The minimum atomic E-state index is -0.772. The number of hydrogen-bond acceptors (Lipinski definition) is 6. The van der Waals surface area contributed by atoms with E-state index in [2.05, 4.69) is 57.2 Å². The topological polar surface area (TPSA) is 78.9 Å². The summed E-state index contributed by atoms with van der Waals surface area (Å²) in [6, 6.07) is 0. The van der Waals surface area contributed by atoms with E-state index in [4.69, 9.17) is 14.2 Å². The Labute approximate surface area is 455 Å². The van der Waals surface area contributed by atoms with Crippen molar-refractivity contribution in [3.05, 3.63) is 36.5 Å². The molecule has 0 aliphatic heterocycles. The van der Waals surface area contributed by atoms with Gasteiger partial charge in [0.15, 0.2) is 6.10 Å². The third kappa shape index (κ3) is 60.4. The van der Waals surface area contributed by atoms with Crippen LogP contribution in [0.4, 0.5) is 0 Å². The summed E-state index contributed by atoms with van der Waals surface area (Å²) in [6.07, 6.45) is 75.9. The fourth-order valence-corrected chi connectivity index (χ4v) is 9.71. The Morgan fingerprint density at radius 2 is 0.493 bits per heavy atom. The lowest BCUT2D eigenvalue weighted by atomic mass is 10.0. The van der Waals surface area contributed by atoms with Crippen molar-refractivity contribution in [3.63, 3.8) is 0 Å². The zero-order valence-corrected chi connectivity index (χ0v) is 49.2. The van der Waals surface area contributed by atoms with Gasteiger partial charge in [-0.2, -0.15) is 0 Å². The van der Waals surface area contributed by atoms with E-state index in [0.717, 1.165) is 70.6 Å². The van der Waals surface area contributed by atoms with E-state index in [0.29, 0.717) is 19.3 Å². The molecular formula is C67H124O6. The van der Waals surface area contributed by atoms with Gasteiger partial charge in [0.05, 0.1) is 0 Å². The van der Waals surface area contributed by atoms with Crippen LogP contribution in [0.3, 0.4) is 0 Å². The first kappa shape index (κ1) is 70.6. The monoisotopic (exact) mass is 1020 g/mol. The van der Waals surface area contributed by atoms with Crippen LogP contribution in [0.25, 0.3) is 0 Å². The minimum absolute atomic E-state index is 0.0699. The molecule has 0 aromatic carbocycles. The van der Waals surface area contributed by atoms with Crippen molar-refractivity contribution in [2.45, 2.75) is 361 Å². The molecule has 0 saturated carbocycles. The molecule has 0 amide bonds. The van der Waals surface area contributed by atoms with Crippen molar-refractivity contribution in [3.8, 4) is 0 Å². The molecule has 0 aromatic rings. The summed E-state index contributed by atoms with van der Waals surface area (Å²) in [5, 5.41) is 0. The largest absolute Gasteiger partial charge is 0.462 e. The van der Waals surface area contributed by atoms with E-state index in [9.17, 15) is 14.4 Å². The molecule has 0 aromatic heterocycles. The molecule has 0 spiro atoms. The number of esters is 3. The standard InChI is InChI=1S/C67H124O6/c1-4-7-10-13-16-19-22-25-27-28-29-30-31-32-33-34-35-36-37-38-40-42-45-48-51-54-57-60-66(69)72-63-64(62-71-65(68)59-56-53-50-47-44-41-24-21-18-15-12-9-6-3)73-67(70)61-58-55-52-49-46-43-39-26-23-20-17-14-11-8-5-2/h21-22,24-25,28-29,64H,4-20,23,26-27,30-63H2,1-3H3/b24-21-,25-22-,29-28-. The second-order valence-electron chi connectivity index (χ2n) is 22.0. The highest BCUT2D eigenvalue weighted by molar-refractivity contribution is 5.71. The van der Waals surface area contributed by atoms with Crippen LogP contribution in [0.15, 0.2) is 36.5 Å². The van der Waals surface area contributed by atoms with Crippen LogP contribution in [-0.2, 0) is 28.6 Å². The zero-order chi connectivity index (χ0) is 52.9. The van der Waals surface area contributed by atoms with E-state index in [1.165, 1.54) is 244 Å². The van der Waals surface area contributed by atoms with Gasteiger partial charge in [-0.1, -0.05) is 295 Å². The molecule has 0 aliphatic rings.